The van der Waals surface area contributed by atoms with Gasteiger partial charge in [0.25, 0.3) is 0 Å². The number of aromatic nitrogens is 6. The first kappa shape index (κ1) is 23.7. The molecule has 0 fully saturated rings. The lowest BCUT2D eigenvalue weighted by Gasteiger charge is -2.13. The summed E-state index contributed by atoms with van der Waals surface area (Å²) in [5, 5.41) is 12.9. The maximum absolute atomic E-state index is 14.6. The van der Waals surface area contributed by atoms with E-state index < -0.39 is 0 Å². The lowest BCUT2D eigenvalue weighted by atomic mass is 10.0. The van der Waals surface area contributed by atoms with Gasteiger partial charge in [-0.15, -0.1) is 0 Å². The monoisotopic (exact) mass is 506 g/mol. The molecule has 0 aliphatic heterocycles. The third-order valence-corrected chi connectivity index (χ3v) is 6.66. The molecule has 5 heterocycles. The molecular weight excluding hydrogens is 479 g/mol. The highest BCUT2D eigenvalue weighted by atomic mass is 19.1. The van der Waals surface area contributed by atoms with Crippen LogP contribution in [0.2, 0.25) is 0 Å². The van der Waals surface area contributed by atoms with Crippen molar-refractivity contribution in [3.63, 3.8) is 0 Å². The van der Waals surface area contributed by atoms with Crippen molar-refractivity contribution in [2.75, 3.05) is 32.5 Å². The highest BCUT2D eigenvalue weighted by Gasteiger charge is 2.16. The largest absolute Gasteiger partial charge is 0.384 e. The van der Waals surface area contributed by atoms with E-state index in [-0.39, 0.29) is 5.82 Å². The van der Waals surface area contributed by atoms with Crippen molar-refractivity contribution in [1.29, 1.82) is 0 Å². The Kier molecular flexibility index (Phi) is 6.05. The Morgan fingerprint density at radius 2 is 1.79 bits per heavy atom. The number of nitrogens with zero attached hydrogens (tertiary/aromatic N) is 5. The average Bonchev–Trinajstić information content (AvgIpc) is 3.52. The lowest BCUT2D eigenvalue weighted by Crippen LogP contribution is -2.20. The number of hydrogen-bond donors (Lipinski definition) is 3. The van der Waals surface area contributed by atoms with Gasteiger partial charge in [0.15, 0.2) is 0 Å². The molecule has 0 saturated carbocycles. The molecule has 0 aliphatic carbocycles. The van der Waals surface area contributed by atoms with Crippen LogP contribution in [0.3, 0.4) is 0 Å². The van der Waals surface area contributed by atoms with E-state index in [1.807, 2.05) is 51.5 Å². The topological polar surface area (TPSA) is 98.4 Å². The van der Waals surface area contributed by atoms with Crippen LogP contribution in [0.15, 0.2) is 67.4 Å². The first-order valence-corrected chi connectivity index (χ1v) is 12.4. The maximum atomic E-state index is 14.6. The number of hydrogen-bond acceptors (Lipinski definition) is 6. The second-order valence-corrected chi connectivity index (χ2v) is 9.67. The van der Waals surface area contributed by atoms with Crippen LogP contribution < -0.4 is 5.32 Å². The summed E-state index contributed by atoms with van der Waals surface area (Å²) in [4.78, 5) is 18.8. The van der Waals surface area contributed by atoms with Crippen LogP contribution in [-0.4, -0.2) is 62.2 Å². The molecule has 0 aliphatic rings. The molecule has 0 amide bonds. The van der Waals surface area contributed by atoms with E-state index in [0.717, 1.165) is 73.4 Å². The highest BCUT2D eigenvalue weighted by Crippen LogP contribution is 2.35. The summed E-state index contributed by atoms with van der Waals surface area (Å²) >= 11 is 0. The number of H-pyrrole nitrogens is 2. The summed E-state index contributed by atoms with van der Waals surface area (Å²) in [6.45, 7) is 3.61. The normalized spacial score (nSPS) is 11.6. The Labute approximate surface area is 219 Å². The van der Waals surface area contributed by atoms with Crippen molar-refractivity contribution >= 4 is 27.5 Å². The molecule has 9 heteroatoms. The molecule has 0 unspecified atom stereocenters. The Bertz CT molecular complexity index is 1770. The third kappa shape index (κ3) is 4.48. The summed E-state index contributed by atoms with van der Waals surface area (Å²) in [5.74, 6) is -0.299. The fourth-order valence-corrected chi connectivity index (χ4v) is 4.68. The van der Waals surface area contributed by atoms with Gasteiger partial charge in [-0.05, 0) is 68.5 Å². The molecule has 0 saturated heterocycles. The quantitative estimate of drug-likeness (QED) is 0.259. The van der Waals surface area contributed by atoms with Gasteiger partial charge in [-0.2, -0.15) is 5.10 Å². The van der Waals surface area contributed by atoms with E-state index in [2.05, 4.69) is 40.3 Å². The van der Waals surface area contributed by atoms with Gasteiger partial charge in [-0.1, -0.05) is 0 Å². The van der Waals surface area contributed by atoms with Crippen LogP contribution in [0.1, 0.15) is 5.56 Å². The smallest absolute Gasteiger partial charge is 0.125 e. The molecule has 6 rings (SSSR count). The van der Waals surface area contributed by atoms with Gasteiger partial charge in [-0.3, -0.25) is 20.1 Å². The van der Waals surface area contributed by atoms with Gasteiger partial charge >= 0.3 is 0 Å². The summed E-state index contributed by atoms with van der Waals surface area (Å²) in [6.07, 6.45) is 8.94. The number of nitrogens with one attached hydrogen (secondary N) is 3. The number of aryl methyl sites for hydroxylation is 1. The summed E-state index contributed by atoms with van der Waals surface area (Å²) in [7, 11) is 4.02. The summed E-state index contributed by atoms with van der Waals surface area (Å²) in [5.41, 5.74) is 8.53. The molecule has 0 spiro atoms. The zero-order valence-electron chi connectivity index (χ0n) is 21.4. The highest BCUT2D eigenvalue weighted by molar-refractivity contribution is 6.01. The number of anilines is 1. The van der Waals surface area contributed by atoms with Gasteiger partial charge < -0.3 is 15.2 Å². The minimum absolute atomic E-state index is 0.299. The van der Waals surface area contributed by atoms with Crippen LogP contribution in [0, 0.1) is 12.7 Å². The molecule has 38 heavy (non-hydrogen) atoms. The van der Waals surface area contributed by atoms with E-state index in [4.69, 9.17) is 0 Å². The van der Waals surface area contributed by atoms with Crippen LogP contribution in [0.25, 0.3) is 55.6 Å². The number of fused-ring (bicyclic) bond motifs is 2. The van der Waals surface area contributed by atoms with Gasteiger partial charge in [0.2, 0.25) is 0 Å². The molecule has 0 radical (unpaired) electrons. The van der Waals surface area contributed by atoms with Crippen molar-refractivity contribution in [2.24, 2.45) is 0 Å². The molecule has 1 aromatic carbocycles. The van der Waals surface area contributed by atoms with Crippen molar-refractivity contribution < 1.29 is 4.39 Å². The van der Waals surface area contributed by atoms with E-state index in [1.165, 1.54) is 6.07 Å². The van der Waals surface area contributed by atoms with Crippen LogP contribution in [0.4, 0.5) is 10.1 Å². The molecule has 6 aromatic rings. The Morgan fingerprint density at radius 3 is 2.63 bits per heavy atom. The van der Waals surface area contributed by atoms with Crippen LogP contribution in [-0.2, 0) is 0 Å². The maximum Gasteiger partial charge on any atom is 0.125 e. The molecule has 5 aromatic heterocycles. The van der Waals surface area contributed by atoms with E-state index in [9.17, 15) is 4.39 Å². The summed E-state index contributed by atoms with van der Waals surface area (Å²) < 4.78 is 14.6. The Morgan fingerprint density at radius 1 is 0.921 bits per heavy atom. The number of likely N-dealkylation sites (N-methyl/N-ethyl adjacent to an activating group) is 1. The van der Waals surface area contributed by atoms with E-state index in [1.54, 1.807) is 30.9 Å². The van der Waals surface area contributed by atoms with Gasteiger partial charge in [0.05, 0.1) is 34.8 Å². The fourth-order valence-electron chi connectivity index (χ4n) is 4.68. The van der Waals surface area contributed by atoms with Gasteiger partial charge in [0, 0.05) is 59.3 Å². The first-order chi connectivity index (χ1) is 18.5. The first-order valence-electron chi connectivity index (χ1n) is 12.4. The van der Waals surface area contributed by atoms with Crippen molar-refractivity contribution in [3.8, 4) is 33.8 Å². The lowest BCUT2D eigenvalue weighted by molar-refractivity contribution is 0.425. The second kappa shape index (κ2) is 9.68. The van der Waals surface area contributed by atoms with Crippen molar-refractivity contribution in [2.45, 2.75) is 6.92 Å². The van der Waals surface area contributed by atoms with E-state index >= 15 is 0 Å². The van der Waals surface area contributed by atoms with E-state index in [0.29, 0.717) is 6.54 Å². The predicted octanol–water partition coefficient (Wildman–Crippen LogP) is 5.65. The Balaban J connectivity index is 1.41. The minimum Gasteiger partial charge on any atom is -0.384 e. The molecule has 8 nitrogen and oxygen atoms in total. The fraction of sp³-hybridized carbons (Fsp3) is 0.172. The van der Waals surface area contributed by atoms with Crippen LogP contribution in [0.5, 0.6) is 0 Å². The van der Waals surface area contributed by atoms with Gasteiger partial charge in [-0.25, -0.2) is 4.39 Å². The predicted molar refractivity (Wildman–Crippen MR) is 149 cm³/mol. The molecule has 0 atom stereocenters. The van der Waals surface area contributed by atoms with Crippen molar-refractivity contribution in [3.05, 3.63) is 78.8 Å². The molecule has 3 N–H and O–H groups in total. The Hall–Kier alpha value is -4.63. The zero-order valence-corrected chi connectivity index (χ0v) is 21.4. The number of benzene rings is 1. The molecule has 0 bridgehead atoms. The molecular formula is C29H27FN8. The number of rotatable bonds is 7. The van der Waals surface area contributed by atoms with Crippen LogP contribution >= 0.6 is 0 Å². The zero-order chi connectivity index (χ0) is 26.2. The van der Waals surface area contributed by atoms with Gasteiger partial charge in [0.1, 0.15) is 11.5 Å². The minimum atomic E-state index is -0.299. The second-order valence-electron chi connectivity index (χ2n) is 9.67. The SMILES string of the molecule is Cc1ccncc1-c1cc2c(-c3cc4c(-c5cc(F)cc(NCCN(C)C)c5)cncc4[nH]3)n[nH]c2cn1. The standard InChI is InChI=1S/C29H27FN8/c1-17-4-5-31-13-23(17)25-12-22-28(16-34-25)36-37-29(22)26-11-21-24(14-32-15-27(21)35-26)18-8-19(30)10-20(9-18)33-6-7-38(2)3/h4-5,8-16,33,35H,6-7H2,1-3H3,(H,36,37). The number of pyridine rings is 3. The number of halogens is 1. The van der Waals surface area contributed by atoms with Crippen molar-refractivity contribution in [1.82, 2.24) is 35.0 Å². The number of aromatic amines is 2. The average molecular weight is 507 g/mol. The third-order valence-electron chi connectivity index (χ3n) is 6.66. The summed E-state index contributed by atoms with van der Waals surface area (Å²) in [6, 6.07) is 11.1. The molecule has 190 valence electrons.